The van der Waals surface area contributed by atoms with Crippen LogP contribution < -0.4 is 0 Å². The van der Waals surface area contributed by atoms with Gasteiger partial charge in [-0.3, -0.25) is 4.79 Å². The number of halogens is 1. The molecule has 2 unspecified atom stereocenters. The maximum absolute atomic E-state index is 13.0. The van der Waals surface area contributed by atoms with E-state index in [1.165, 1.54) is 0 Å². The van der Waals surface area contributed by atoms with Crippen molar-refractivity contribution in [3.8, 4) is 0 Å². The third-order valence-electron chi connectivity index (χ3n) is 2.94. The minimum absolute atomic E-state index is 0.0802. The largest absolute Gasteiger partial charge is 0.340 e. The van der Waals surface area contributed by atoms with E-state index in [4.69, 9.17) is 0 Å². The number of rotatable bonds is 3. The average molecular weight is 227 g/mol. The van der Waals surface area contributed by atoms with Crippen molar-refractivity contribution in [3.05, 3.63) is 22.4 Å². The quantitative estimate of drug-likeness (QED) is 0.776. The summed E-state index contributed by atoms with van der Waals surface area (Å²) in [6.07, 6.45) is -0.573. The molecule has 0 aromatic carbocycles. The predicted molar refractivity (Wildman–Crippen MR) is 58.4 cm³/mol. The fourth-order valence-electron chi connectivity index (χ4n) is 1.68. The van der Waals surface area contributed by atoms with Gasteiger partial charge in [-0.25, -0.2) is 4.39 Å². The molecule has 1 aromatic rings. The Morgan fingerprint density at radius 3 is 2.93 bits per heavy atom. The maximum Gasteiger partial charge on any atom is 0.231 e. The molecule has 0 N–H and O–H groups in total. The Bertz CT molecular complexity index is 365. The second kappa shape index (κ2) is 3.59. The van der Waals surface area contributed by atoms with Crippen LogP contribution in [0.4, 0.5) is 4.39 Å². The van der Waals surface area contributed by atoms with Crippen molar-refractivity contribution in [1.82, 2.24) is 4.90 Å². The highest BCUT2D eigenvalue weighted by Crippen LogP contribution is 2.49. The van der Waals surface area contributed by atoms with Gasteiger partial charge < -0.3 is 4.90 Å². The predicted octanol–water partition coefficient (Wildman–Crippen LogP) is 2.45. The highest BCUT2D eigenvalue weighted by Gasteiger charge is 2.58. The second-order valence-electron chi connectivity index (χ2n) is 4.33. The molecule has 0 radical (unpaired) electrons. The minimum Gasteiger partial charge on any atom is -0.340 e. The molecule has 1 aliphatic rings. The lowest BCUT2D eigenvalue weighted by Gasteiger charge is -2.20. The molecule has 4 heteroatoms. The van der Waals surface area contributed by atoms with Crippen LogP contribution in [0.15, 0.2) is 17.5 Å². The summed E-state index contributed by atoms with van der Waals surface area (Å²) in [6, 6.07) is 3.94. The van der Waals surface area contributed by atoms with Gasteiger partial charge in [0.25, 0.3) is 0 Å². The number of hydrogen-bond acceptors (Lipinski definition) is 2. The monoisotopic (exact) mass is 227 g/mol. The summed E-state index contributed by atoms with van der Waals surface area (Å²) in [6.45, 7) is 2.28. The van der Waals surface area contributed by atoms with Gasteiger partial charge in [-0.1, -0.05) is 6.07 Å². The first-order valence-electron chi connectivity index (χ1n) is 4.96. The van der Waals surface area contributed by atoms with Gasteiger partial charge in [0.15, 0.2) is 0 Å². The number of carbonyl (C=O) groups is 1. The highest BCUT2D eigenvalue weighted by molar-refractivity contribution is 7.09. The zero-order valence-electron chi connectivity index (χ0n) is 8.87. The fraction of sp³-hybridized carbons (Fsp3) is 0.545. The summed E-state index contributed by atoms with van der Waals surface area (Å²) < 4.78 is 13.0. The van der Waals surface area contributed by atoms with Gasteiger partial charge in [0.2, 0.25) is 5.91 Å². The van der Waals surface area contributed by atoms with E-state index in [1.807, 2.05) is 17.5 Å². The van der Waals surface area contributed by atoms with Crippen molar-refractivity contribution < 1.29 is 9.18 Å². The molecule has 2 rings (SSSR count). The number of amides is 1. The first-order chi connectivity index (χ1) is 7.04. The SMILES string of the molecule is CN(Cc1cccs1)C(=O)C1(C)CC1F. The van der Waals surface area contributed by atoms with Crippen LogP contribution >= 0.6 is 11.3 Å². The lowest BCUT2D eigenvalue weighted by Crippen LogP contribution is -2.33. The highest BCUT2D eigenvalue weighted by atomic mass is 32.1. The number of alkyl halides is 1. The Kier molecular flexibility index (Phi) is 2.54. The normalized spacial score (nSPS) is 28.9. The number of thiophene rings is 1. The van der Waals surface area contributed by atoms with Gasteiger partial charge in [0.05, 0.1) is 12.0 Å². The molecule has 1 fully saturated rings. The van der Waals surface area contributed by atoms with Crippen LogP contribution in [0.3, 0.4) is 0 Å². The van der Waals surface area contributed by atoms with Gasteiger partial charge in [-0.05, 0) is 24.8 Å². The molecule has 0 spiro atoms. The molecule has 1 aromatic heterocycles. The lowest BCUT2D eigenvalue weighted by molar-refractivity contribution is -0.136. The van der Waals surface area contributed by atoms with Crippen LogP contribution in [0.5, 0.6) is 0 Å². The maximum atomic E-state index is 13.0. The van der Waals surface area contributed by atoms with Crippen LogP contribution in [-0.4, -0.2) is 24.0 Å². The zero-order chi connectivity index (χ0) is 11.1. The van der Waals surface area contributed by atoms with E-state index in [2.05, 4.69) is 0 Å². The van der Waals surface area contributed by atoms with E-state index in [9.17, 15) is 9.18 Å². The molecule has 2 atom stereocenters. The molecule has 1 saturated carbocycles. The van der Waals surface area contributed by atoms with E-state index in [0.29, 0.717) is 13.0 Å². The Labute approximate surface area is 92.7 Å². The van der Waals surface area contributed by atoms with Gasteiger partial charge >= 0.3 is 0 Å². The molecule has 1 aliphatic carbocycles. The topological polar surface area (TPSA) is 20.3 Å². The van der Waals surface area contributed by atoms with Crippen molar-refractivity contribution in [3.63, 3.8) is 0 Å². The van der Waals surface area contributed by atoms with Crippen molar-refractivity contribution in [2.24, 2.45) is 5.41 Å². The first-order valence-corrected chi connectivity index (χ1v) is 5.84. The summed E-state index contributed by atoms with van der Waals surface area (Å²) in [5, 5.41) is 1.98. The Hall–Kier alpha value is -0.900. The summed E-state index contributed by atoms with van der Waals surface area (Å²) in [7, 11) is 1.73. The van der Waals surface area contributed by atoms with Crippen molar-refractivity contribution in [1.29, 1.82) is 0 Å². The molecule has 1 amide bonds. The molecular formula is C11H14FNOS. The van der Waals surface area contributed by atoms with Gasteiger partial charge in [0, 0.05) is 11.9 Å². The van der Waals surface area contributed by atoms with E-state index < -0.39 is 11.6 Å². The van der Waals surface area contributed by atoms with Crippen molar-refractivity contribution in [2.75, 3.05) is 7.05 Å². The summed E-state index contributed by atoms with van der Waals surface area (Å²) >= 11 is 1.61. The number of hydrogen-bond donors (Lipinski definition) is 0. The molecule has 0 aliphatic heterocycles. The molecule has 15 heavy (non-hydrogen) atoms. The standard InChI is InChI=1S/C11H14FNOS/c1-11(6-9(11)12)10(14)13(2)7-8-4-3-5-15-8/h3-5,9H,6-7H2,1-2H3. The summed E-state index contributed by atoms with van der Waals surface area (Å²) in [5.41, 5.74) is -0.744. The van der Waals surface area contributed by atoms with E-state index in [1.54, 1.807) is 30.2 Å². The van der Waals surface area contributed by atoms with Crippen LogP contribution in [0.1, 0.15) is 18.2 Å². The van der Waals surface area contributed by atoms with E-state index in [-0.39, 0.29) is 5.91 Å². The molecule has 82 valence electrons. The fourth-order valence-corrected chi connectivity index (χ4v) is 2.44. The lowest BCUT2D eigenvalue weighted by atomic mass is 10.1. The van der Waals surface area contributed by atoms with Crippen LogP contribution in [0.2, 0.25) is 0 Å². The van der Waals surface area contributed by atoms with Gasteiger partial charge in [-0.2, -0.15) is 0 Å². The first kappa shape index (κ1) is 10.6. The van der Waals surface area contributed by atoms with Crippen LogP contribution in [0.25, 0.3) is 0 Å². The smallest absolute Gasteiger partial charge is 0.231 e. The minimum atomic E-state index is -0.948. The molecule has 0 bridgehead atoms. The van der Waals surface area contributed by atoms with Gasteiger partial charge in [-0.15, -0.1) is 11.3 Å². The molecule has 1 heterocycles. The Morgan fingerprint density at radius 1 is 1.80 bits per heavy atom. The Morgan fingerprint density at radius 2 is 2.47 bits per heavy atom. The Balaban J connectivity index is 1.97. The molecule has 0 saturated heterocycles. The second-order valence-corrected chi connectivity index (χ2v) is 5.36. The summed E-state index contributed by atoms with van der Waals surface area (Å²) in [5.74, 6) is -0.0802. The third kappa shape index (κ3) is 1.91. The average Bonchev–Trinajstić information content (AvgIpc) is 2.67. The van der Waals surface area contributed by atoms with Gasteiger partial charge in [0.1, 0.15) is 6.17 Å². The molecule has 2 nitrogen and oxygen atoms in total. The van der Waals surface area contributed by atoms with Crippen molar-refractivity contribution >= 4 is 17.2 Å². The number of nitrogens with zero attached hydrogens (tertiary/aromatic N) is 1. The molecular weight excluding hydrogens is 213 g/mol. The number of carbonyl (C=O) groups excluding carboxylic acids is 1. The van der Waals surface area contributed by atoms with Crippen LogP contribution in [0, 0.1) is 5.41 Å². The van der Waals surface area contributed by atoms with E-state index >= 15 is 0 Å². The zero-order valence-corrected chi connectivity index (χ0v) is 9.68. The summed E-state index contributed by atoms with van der Waals surface area (Å²) in [4.78, 5) is 14.6. The van der Waals surface area contributed by atoms with Crippen LogP contribution in [-0.2, 0) is 11.3 Å². The third-order valence-corrected chi connectivity index (χ3v) is 3.80. The van der Waals surface area contributed by atoms with E-state index in [0.717, 1.165) is 4.88 Å². The van der Waals surface area contributed by atoms with Crippen molar-refractivity contribution in [2.45, 2.75) is 26.1 Å².